The molecular weight excluding hydrogens is 999 g/mol. The van der Waals surface area contributed by atoms with Crippen LogP contribution in [0.5, 0.6) is 0 Å². The molecule has 7 nitrogen and oxygen atoms in total. The van der Waals surface area contributed by atoms with Gasteiger partial charge in [-0.3, -0.25) is 0 Å². The van der Waals surface area contributed by atoms with Gasteiger partial charge in [0.25, 0.3) is 0 Å². The van der Waals surface area contributed by atoms with Crippen molar-refractivity contribution < 1.29 is 0 Å². The summed E-state index contributed by atoms with van der Waals surface area (Å²) in [7, 11) is 0. The van der Waals surface area contributed by atoms with E-state index >= 15 is 0 Å². The van der Waals surface area contributed by atoms with Crippen molar-refractivity contribution in [2.45, 2.75) is 12.3 Å². The Labute approximate surface area is 471 Å². The maximum absolute atomic E-state index is 5.47. The van der Waals surface area contributed by atoms with Crippen molar-refractivity contribution in [3.05, 3.63) is 290 Å². The first-order chi connectivity index (χ1) is 40.7. The van der Waals surface area contributed by atoms with Crippen LogP contribution in [0.3, 0.4) is 0 Å². The van der Waals surface area contributed by atoms with E-state index in [9.17, 15) is 0 Å². The van der Waals surface area contributed by atoms with Gasteiger partial charge in [0.05, 0.1) is 44.1 Å². The van der Waals surface area contributed by atoms with Gasteiger partial charge in [-0.25, -0.2) is 15.0 Å². The van der Waals surface area contributed by atoms with E-state index in [1.165, 1.54) is 76.4 Å². The van der Waals surface area contributed by atoms with Gasteiger partial charge >= 0.3 is 0 Å². The standard InChI is InChI=1S/C75H49N7/c1-3-20-48(21-4-1)73-76-74(50-22-19-25-53(44-50)80-64-32-13-7-26-55(64)56-27-8-14-33-65(56)80)78-75(77-73)51-39-43-70(82-68-36-17-11-30-59(68)60-31-12-18-37-69(60)82)63(45-51)49-38-41-61-62-42-40-54(47-72(62)79(71(61)46-49)52-23-5-2-6-24-52)81-66-34-15-9-28-57(66)58-29-10-16-35-67(58)81/h1-44,46-47,63H,45H2. The number of rotatable bonds is 8. The SMILES string of the molecule is C1=C(c2nc(-c3ccccc3)nc(-c3cccc(-n4c5ccccc5c5ccccc54)c3)n2)CC(c2ccc3c4ccc(-n5c6ccccc6c6ccccc65)cc4n(-c4ccccc4)c3c2)C(n2c3ccccc3c3ccccc32)=C1. The second kappa shape index (κ2) is 18.3. The zero-order valence-corrected chi connectivity index (χ0v) is 44.5. The van der Waals surface area contributed by atoms with Crippen molar-refractivity contribution in [1.29, 1.82) is 0 Å². The van der Waals surface area contributed by atoms with E-state index < -0.39 is 0 Å². The fraction of sp³-hybridized carbons (Fsp3) is 0.0267. The monoisotopic (exact) mass is 1050 g/mol. The van der Waals surface area contributed by atoms with E-state index in [0.717, 1.165) is 55.8 Å². The summed E-state index contributed by atoms with van der Waals surface area (Å²) in [5, 5.41) is 9.77. The van der Waals surface area contributed by atoms with Crippen molar-refractivity contribution in [2.24, 2.45) is 0 Å². The average molecular weight is 1050 g/mol. The van der Waals surface area contributed by atoms with Crippen LogP contribution in [0.1, 0.15) is 23.7 Å². The van der Waals surface area contributed by atoms with Crippen LogP contribution in [0.25, 0.3) is 138 Å². The Bertz CT molecular complexity index is 5160. The molecule has 0 bridgehead atoms. The molecule has 0 saturated carbocycles. The van der Waals surface area contributed by atoms with Gasteiger partial charge in [-0.05, 0) is 102 Å². The van der Waals surface area contributed by atoms with Crippen LogP contribution >= 0.6 is 0 Å². The van der Waals surface area contributed by atoms with Gasteiger partial charge < -0.3 is 18.3 Å². The van der Waals surface area contributed by atoms with Crippen LogP contribution < -0.4 is 0 Å². The van der Waals surface area contributed by atoms with Gasteiger partial charge in [-0.2, -0.15) is 0 Å². The molecule has 17 rings (SSSR count). The highest BCUT2D eigenvalue weighted by atomic mass is 15.1. The first kappa shape index (κ1) is 46.1. The van der Waals surface area contributed by atoms with Crippen molar-refractivity contribution in [2.75, 3.05) is 0 Å². The molecule has 1 aliphatic rings. The molecule has 0 radical (unpaired) electrons. The molecule has 384 valence electrons. The minimum absolute atomic E-state index is 0.113. The molecule has 0 fully saturated rings. The Morgan fingerprint density at radius 1 is 0.268 bits per heavy atom. The van der Waals surface area contributed by atoms with Crippen molar-refractivity contribution in [3.8, 4) is 39.8 Å². The largest absolute Gasteiger partial charge is 0.312 e. The van der Waals surface area contributed by atoms with Gasteiger partial charge in [0.15, 0.2) is 17.5 Å². The fourth-order valence-electron chi connectivity index (χ4n) is 13.4. The Morgan fingerprint density at radius 3 is 1.21 bits per heavy atom. The minimum atomic E-state index is -0.113. The van der Waals surface area contributed by atoms with E-state index in [-0.39, 0.29) is 5.92 Å². The third-order valence-corrected chi connectivity index (χ3v) is 17.0. The molecule has 16 aromatic rings. The number of nitrogens with zero attached hydrogens (tertiary/aromatic N) is 7. The van der Waals surface area contributed by atoms with Crippen molar-refractivity contribution >= 4 is 98.5 Å². The van der Waals surface area contributed by atoms with E-state index in [2.05, 4.69) is 279 Å². The predicted octanol–water partition coefficient (Wildman–Crippen LogP) is 18.7. The van der Waals surface area contributed by atoms with Crippen LogP contribution in [0.15, 0.2) is 279 Å². The molecular formula is C75H49N7. The molecule has 1 unspecified atom stereocenters. The van der Waals surface area contributed by atoms with Gasteiger partial charge in [-0.15, -0.1) is 0 Å². The number of allylic oxidation sites excluding steroid dienone is 4. The number of hydrogen-bond acceptors (Lipinski definition) is 3. The van der Waals surface area contributed by atoms with Crippen molar-refractivity contribution in [1.82, 2.24) is 33.2 Å². The molecule has 0 saturated heterocycles. The Balaban J connectivity index is 0.863. The molecule has 0 amide bonds. The maximum atomic E-state index is 5.47. The molecule has 82 heavy (non-hydrogen) atoms. The summed E-state index contributed by atoms with van der Waals surface area (Å²) in [4.78, 5) is 16.1. The van der Waals surface area contributed by atoms with Gasteiger partial charge in [0.2, 0.25) is 0 Å². The first-order valence-electron chi connectivity index (χ1n) is 28.1. The lowest BCUT2D eigenvalue weighted by atomic mass is 9.84. The summed E-state index contributed by atoms with van der Waals surface area (Å²) >= 11 is 0. The lowest BCUT2D eigenvalue weighted by molar-refractivity contribution is 0.833. The topological polar surface area (TPSA) is 58.4 Å². The molecule has 7 heteroatoms. The second-order valence-electron chi connectivity index (χ2n) is 21.5. The number of hydrogen-bond donors (Lipinski definition) is 0. The third-order valence-electron chi connectivity index (χ3n) is 17.0. The predicted molar refractivity (Wildman–Crippen MR) is 339 cm³/mol. The van der Waals surface area contributed by atoms with Gasteiger partial charge in [0.1, 0.15) is 0 Å². The van der Waals surface area contributed by atoms with Crippen LogP contribution in [0, 0.1) is 0 Å². The molecule has 0 spiro atoms. The molecule has 1 aliphatic carbocycles. The van der Waals surface area contributed by atoms with Crippen LogP contribution in [0.4, 0.5) is 0 Å². The third kappa shape index (κ3) is 7.13. The lowest BCUT2D eigenvalue weighted by Crippen LogP contribution is -2.14. The fourth-order valence-corrected chi connectivity index (χ4v) is 13.4. The van der Waals surface area contributed by atoms with E-state index in [1.807, 2.05) is 18.2 Å². The van der Waals surface area contributed by atoms with Gasteiger partial charge in [-0.1, -0.05) is 194 Å². The number of aromatic nitrogens is 7. The molecule has 0 aliphatic heterocycles. The Kier molecular flexibility index (Phi) is 10.3. The van der Waals surface area contributed by atoms with E-state index in [1.54, 1.807) is 0 Å². The second-order valence-corrected chi connectivity index (χ2v) is 21.5. The summed E-state index contributed by atoms with van der Waals surface area (Å²) in [5.41, 5.74) is 17.8. The summed E-state index contributed by atoms with van der Waals surface area (Å²) in [6.07, 6.45) is 5.22. The highest BCUT2D eigenvalue weighted by Gasteiger charge is 2.29. The quantitative estimate of drug-likeness (QED) is 0.152. The number of benzene rings is 11. The zero-order valence-electron chi connectivity index (χ0n) is 44.5. The maximum Gasteiger partial charge on any atom is 0.164 e. The smallest absolute Gasteiger partial charge is 0.164 e. The van der Waals surface area contributed by atoms with Crippen LogP contribution in [-0.2, 0) is 0 Å². The molecule has 0 N–H and O–H groups in total. The number of para-hydroxylation sites is 7. The number of fused-ring (bicyclic) bond motifs is 12. The zero-order chi connectivity index (χ0) is 53.8. The normalized spacial score (nSPS) is 13.8. The summed E-state index contributed by atoms with van der Waals surface area (Å²) < 4.78 is 9.72. The summed E-state index contributed by atoms with van der Waals surface area (Å²) in [6.45, 7) is 0. The Morgan fingerprint density at radius 2 is 0.659 bits per heavy atom. The molecule has 11 aromatic carbocycles. The van der Waals surface area contributed by atoms with Crippen LogP contribution in [0.2, 0.25) is 0 Å². The van der Waals surface area contributed by atoms with Gasteiger partial charge in [0, 0.05) is 82.9 Å². The molecule has 5 aromatic heterocycles. The molecule has 5 heterocycles. The first-order valence-corrected chi connectivity index (χ1v) is 28.1. The van der Waals surface area contributed by atoms with E-state index in [0.29, 0.717) is 23.9 Å². The minimum Gasteiger partial charge on any atom is -0.312 e. The summed E-state index contributed by atoms with van der Waals surface area (Å²) in [5.74, 6) is 1.80. The summed E-state index contributed by atoms with van der Waals surface area (Å²) in [6, 6.07) is 96.3. The van der Waals surface area contributed by atoms with Crippen molar-refractivity contribution in [3.63, 3.8) is 0 Å². The van der Waals surface area contributed by atoms with E-state index in [4.69, 9.17) is 15.0 Å². The lowest BCUT2D eigenvalue weighted by Gasteiger charge is -2.28. The van der Waals surface area contributed by atoms with Crippen LogP contribution in [-0.4, -0.2) is 33.2 Å². The average Bonchev–Trinajstić information content (AvgIpc) is 4.11. The highest BCUT2D eigenvalue weighted by Crippen LogP contribution is 2.46. The Hall–Kier alpha value is -10.9. The molecule has 1 atom stereocenters. The highest BCUT2D eigenvalue weighted by molar-refractivity contribution is 6.14.